The van der Waals surface area contributed by atoms with E-state index in [4.69, 9.17) is 4.74 Å². The molecule has 1 aromatic heterocycles. The van der Waals surface area contributed by atoms with Crippen LogP contribution in [0.2, 0.25) is 0 Å². The molecule has 0 saturated heterocycles. The third-order valence-corrected chi connectivity index (χ3v) is 3.79. The molecule has 0 saturated carbocycles. The van der Waals surface area contributed by atoms with Crippen LogP contribution in [0.3, 0.4) is 0 Å². The van der Waals surface area contributed by atoms with Gasteiger partial charge in [-0.15, -0.1) is 0 Å². The van der Waals surface area contributed by atoms with E-state index >= 15 is 0 Å². The lowest BCUT2D eigenvalue weighted by atomic mass is 10.2. The lowest BCUT2D eigenvalue weighted by Crippen LogP contribution is -2.10. The van der Waals surface area contributed by atoms with Crippen LogP contribution in [0, 0.1) is 0 Å². The SMILES string of the molecule is CCCCCC(=O)Nc1nc2c(OC)cccc2s1. The van der Waals surface area contributed by atoms with Crippen LogP contribution in [0.5, 0.6) is 5.75 Å². The van der Waals surface area contributed by atoms with Crippen molar-refractivity contribution in [3.8, 4) is 5.75 Å². The van der Waals surface area contributed by atoms with Crippen LogP contribution in [0.1, 0.15) is 32.6 Å². The van der Waals surface area contributed by atoms with Crippen LogP contribution in [0.25, 0.3) is 10.2 Å². The average molecular weight is 278 g/mol. The molecule has 5 heteroatoms. The molecule has 0 bridgehead atoms. The Morgan fingerprint density at radius 1 is 1.42 bits per heavy atom. The van der Waals surface area contributed by atoms with Crippen molar-refractivity contribution in [1.82, 2.24) is 4.98 Å². The van der Waals surface area contributed by atoms with Crippen LogP contribution >= 0.6 is 11.3 Å². The highest BCUT2D eigenvalue weighted by atomic mass is 32.1. The Kier molecular flexibility index (Phi) is 4.74. The van der Waals surface area contributed by atoms with E-state index < -0.39 is 0 Å². The van der Waals surface area contributed by atoms with Gasteiger partial charge >= 0.3 is 0 Å². The molecule has 4 nitrogen and oxygen atoms in total. The summed E-state index contributed by atoms with van der Waals surface area (Å²) in [6.45, 7) is 2.12. The molecule has 1 N–H and O–H groups in total. The fourth-order valence-corrected chi connectivity index (χ4v) is 2.76. The van der Waals surface area contributed by atoms with Crippen molar-refractivity contribution in [2.75, 3.05) is 12.4 Å². The summed E-state index contributed by atoms with van der Waals surface area (Å²) in [5, 5.41) is 3.49. The van der Waals surface area contributed by atoms with Crippen molar-refractivity contribution in [3.05, 3.63) is 18.2 Å². The summed E-state index contributed by atoms with van der Waals surface area (Å²) in [4.78, 5) is 16.2. The van der Waals surface area contributed by atoms with Gasteiger partial charge in [0.1, 0.15) is 11.3 Å². The number of methoxy groups -OCH3 is 1. The van der Waals surface area contributed by atoms with Crippen LogP contribution in [0.15, 0.2) is 18.2 Å². The maximum absolute atomic E-state index is 11.7. The molecule has 102 valence electrons. The van der Waals surface area contributed by atoms with Crippen LogP contribution in [-0.2, 0) is 4.79 Å². The van der Waals surface area contributed by atoms with Crippen molar-refractivity contribution in [2.24, 2.45) is 0 Å². The number of rotatable bonds is 6. The number of hydrogen-bond acceptors (Lipinski definition) is 4. The number of hydrogen-bond donors (Lipinski definition) is 1. The summed E-state index contributed by atoms with van der Waals surface area (Å²) < 4.78 is 6.27. The minimum atomic E-state index is 0.0338. The number of aromatic nitrogens is 1. The quantitative estimate of drug-likeness (QED) is 0.817. The van der Waals surface area contributed by atoms with Gasteiger partial charge in [-0.2, -0.15) is 0 Å². The second kappa shape index (κ2) is 6.52. The molecule has 0 atom stereocenters. The first-order valence-electron chi connectivity index (χ1n) is 6.48. The van der Waals surface area contributed by atoms with Crippen molar-refractivity contribution in [3.63, 3.8) is 0 Å². The van der Waals surface area contributed by atoms with E-state index in [-0.39, 0.29) is 5.91 Å². The maximum atomic E-state index is 11.7. The number of para-hydroxylation sites is 1. The van der Waals surface area contributed by atoms with E-state index in [2.05, 4.69) is 17.2 Å². The molecule has 0 aliphatic heterocycles. The average Bonchev–Trinajstić information content (AvgIpc) is 2.80. The largest absolute Gasteiger partial charge is 0.494 e. The topological polar surface area (TPSA) is 51.2 Å². The summed E-state index contributed by atoms with van der Waals surface area (Å²) in [6, 6.07) is 5.77. The Hall–Kier alpha value is -1.62. The van der Waals surface area contributed by atoms with Crippen molar-refractivity contribution in [2.45, 2.75) is 32.6 Å². The lowest BCUT2D eigenvalue weighted by Gasteiger charge is -2.00. The summed E-state index contributed by atoms with van der Waals surface area (Å²) in [6.07, 6.45) is 3.68. The predicted octanol–water partition coefficient (Wildman–Crippen LogP) is 3.82. The molecule has 1 amide bonds. The van der Waals surface area contributed by atoms with E-state index in [0.717, 1.165) is 35.2 Å². The van der Waals surface area contributed by atoms with Gasteiger partial charge in [-0.1, -0.05) is 37.2 Å². The number of carbonyl (C=O) groups is 1. The maximum Gasteiger partial charge on any atom is 0.226 e. The number of benzene rings is 1. The molecular weight excluding hydrogens is 260 g/mol. The van der Waals surface area contributed by atoms with Gasteiger partial charge in [0.05, 0.1) is 11.8 Å². The second-order valence-corrected chi connectivity index (χ2v) is 5.36. The summed E-state index contributed by atoms with van der Waals surface area (Å²) in [7, 11) is 1.62. The van der Waals surface area contributed by atoms with Gasteiger partial charge in [-0.3, -0.25) is 4.79 Å². The molecular formula is C14H18N2O2S. The molecule has 2 rings (SSSR count). The Bertz CT molecular complexity index is 566. The Balaban J connectivity index is 2.07. The molecule has 0 aliphatic rings. The summed E-state index contributed by atoms with van der Waals surface area (Å²) >= 11 is 1.47. The highest BCUT2D eigenvalue weighted by Crippen LogP contribution is 2.32. The van der Waals surface area contributed by atoms with Crippen molar-refractivity contribution in [1.29, 1.82) is 0 Å². The van der Waals surface area contributed by atoms with E-state index in [1.165, 1.54) is 11.3 Å². The standard InChI is InChI=1S/C14H18N2O2S/c1-3-4-5-9-12(17)15-14-16-13-10(18-2)7-6-8-11(13)19-14/h6-8H,3-5,9H2,1-2H3,(H,15,16,17). The zero-order chi connectivity index (χ0) is 13.7. The van der Waals surface area contributed by atoms with E-state index in [0.29, 0.717) is 11.6 Å². The summed E-state index contributed by atoms with van der Waals surface area (Å²) in [5.41, 5.74) is 0.804. The van der Waals surface area contributed by atoms with Crippen molar-refractivity contribution < 1.29 is 9.53 Å². The molecule has 2 aromatic rings. The molecule has 0 fully saturated rings. The van der Waals surface area contributed by atoms with Gasteiger partial charge in [0.25, 0.3) is 0 Å². The fourth-order valence-electron chi connectivity index (χ4n) is 1.86. The Morgan fingerprint density at radius 2 is 2.26 bits per heavy atom. The monoisotopic (exact) mass is 278 g/mol. The number of carbonyl (C=O) groups excluding carboxylic acids is 1. The highest BCUT2D eigenvalue weighted by molar-refractivity contribution is 7.22. The van der Waals surface area contributed by atoms with Crippen LogP contribution < -0.4 is 10.1 Å². The van der Waals surface area contributed by atoms with Gasteiger partial charge in [-0.05, 0) is 18.6 Å². The van der Waals surface area contributed by atoms with E-state index in [1.54, 1.807) is 7.11 Å². The molecule has 1 heterocycles. The molecule has 0 spiro atoms. The molecule has 0 unspecified atom stereocenters. The first kappa shape index (κ1) is 13.8. The first-order valence-corrected chi connectivity index (χ1v) is 7.29. The van der Waals surface area contributed by atoms with Gasteiger partial charge < -0.3 is 10.1 Å². The van der Waals surface area contributed by atoms with Gasteiger partial charge in [0.2, 0.25) is 5.91 Å². The minimum absolute atomic E-state index is 0.0338. The minimum Gasteiger partial charge on any atom is -0.494 e. The number of amides is 1. The van der Waals surface area contributed by atoms with Crippen LogP contribution in [-0.4, -0.2) is 18.0 Å². The van der Waals surface area contributed by atoms with Gasteiger partial charge in [0.15, 0.2) is 5.13 Å². The van der Waals surface area contributed by atoms with E-state index in [9.17, 15) is 4.79 Å². The smallest absolute Gasteiger partial charge is 0.226 e. The lowest BCUT2D eigenvalue weighted by molar-refractivity contribution is -0.116. The Labute approximate surface area is 116 Å². The molecule has 0 aliphatic carbocycles. The molecule has 19 heavy (non-hydrogen) atoms. The number of thiazole rings is 1. The Morgan fingerprint density at radius 3 is 3.00 bits per heavy atom. The number of nitrogens with zero attached hydrogens (tertiary/aromatic N) is 1. The fraction of sp³-hybridized carbons (Fsp3) is 0.429. The zero-order valence-corrected chi connectivity index (χ0v) is 12.0. The number of anilines is 1. The van der Waals surface area contributed by atoms with Gasteiger partial charge in [0, 0.05) is 6.42 Å². The van der Waals surface area contributed by atoms with Crippen molar-refractivity contribution >= 4 is 32.6 Å². The number of unbranched alkanes of at least 4 members (excludes halogenated alkanes) is 2. The summed E-state index contributed by atoms with van der Waals surface area (Å²) in [5.74, 6) is 0.770. The normalized spacial score (nSPS) is 10.6. The molecule has 1 aromatic carbocycles. The third kappa shape index (κ3) is 3.44. The van der Waals surface area contributed by atoms with Gasteiger partial charge in [-0.25, -0.2) is 4.98 Å². The molecule has 0 radical (unpaired) electrons. The third-order valence-electron chi connectivity index (χ3n) is 2.86. The predicted molar refractivity (Wildman–Crippen MR) is 78.9 cm³/mol. The first-order chi connectivity index (χ1) is 9.24. The van der Waals surface area contributed by atoms with Crippen LogP contribution in [0.4, 0.5) is 5.13 Å². The van der Waals surface area contributed by atoms with E-state index in [1.807, 2.05) is 18.2 Å². The zero-order valence-electron chi connectivity index (χ0n) is 11.2. The number of ether oxygens (including phenoxy) is 1. The number of fused-ring (bicyclic) bond motifs is 1. The second-order valence-electron chi connectivity index (χ2n) is 4.33. The highest BCUT2D eigenvalue weighted by Gasteiger charge is 2.10. The number of nitrogens with one attached hydrogen (secondary N) is 1.